The van der Waals surface area contributed by atoms with Crippen molar-refractivity contribution in [3.8, 4) is 0 Å². The fraction of sp³-hybridized carbons (Fsp3) is 0.938. The molecule has 0 aromatic rings. The van der Waals surface area contributed by atoms with Crippen LogP contribution in [0.1, 0.15) is 71.1 Å². The summed E-state index contributed by atoms with van der Waals surface area (Å²) in [6.45, 7) is 2.19. The average Bonchev–Trinajstić information content (AvgIpc) is 2.49. The van der Waals surface area contributed by atoms with Gasteiger partial charge >= 0.3 is 5.97 Å². The summed E-state index contributed by atoms with van der Waals surface area (Å²) in [4.78, 5) is 12.0. The van der Waals surface area contributed by atoms with Gasteiger partial charge in [0.05, 0.1) is 18.8 Å². The number of rotatable bonds is 6. The van der Waals surface area contributed by atoms with E-state index in [1.54, 1.807) is 0 Å². The van der Waals surface area contributed by atoms with Gasteiger partial charge in [-0.1, -0.05) is 38.5 Å². The Morgan fingerprint density at radius 3 is 1.75 bits per heavy atom. The van der Waals surface area contributed by atoms with Crippen LogP contribution in [-0.4, -0.2) is 31.1 Å². The lowest BCUT2D eigenvalue weighted by molar-refractivity contribution is -0.223. The maximum absolute atomic E-state index is 12.0. The molecule has 2 rings (SSSR count). The van der Waals surface area contributed by atoms with E-state index in [4.69, 9.17) is 14.2 Å². The molecule has 4 heteroatoms. The van der Waals surface area contributed by atoms with Crippen molar-refractivity contribution in [2.24, 2.45) is 0 Å². The summed E-state index contributed by atoms with van der Waals surface area (Å²) >= 11 is 0. The second-order valence-electron chi connectivity index (χ2n) is 5.88. The zero-order valence-corrected chi connectivity index (χ0v) is 12.6. The van der Waals surface area contributed by atoms with Gasteiger partial charge in [-0.25, -0.2) is 4.79 Å². The van der Waals surface area contributed by atoms with Crippen LogP contribution in [-0.2, 0) is 19.0 Å². The molecule has 116 valence electrons. The van der Waals surface area contributed by atoms with Crippen LogP contribution in [0.3, 0.4) is 0 Å². The second kappa shape index (κ2) is 8.63. The third-order valence-corrected chi connectivity index (χ3v) is 4.22. The topological polar surface area (TPSA) is 44.8 Å². The summed E-state index contributed by atoms with van der Waals surface area (Å²) in [7, 11) is 0. The predicted molar refractivity (Wildman–Crippen MR) is 76.3 cm³/mol. The molecule has 0 spiro atoms. The van der Waals surface area contributed by atoms with E-state index in [1.165, 1.54) is 38.5 Å². The molecular weight excluding hydrogens is 256 g/mol. The van der Waals surface area contributed by atoms with E-state index in [0.29, 0.717) is 6.61 Å². The molecule has 0 aliphatic heterocycles. The molecular formula is C16H28O4. The number of esters is 1. The van der Waals surface area contributed by atoms with Gasteiger partial charge in [-0.05, 0) is 32.6 Å². The van der Waals surface area contributed by atoms with Gasteiger partial charge in [0.2, 0.25) is 0 Å². The molecule has 20 heavy (non-hydrogen) atoms. The minimum atomic E-state index is -0.818. The Balaban J connectivity index is 1.86. The lowest BCUT2D eigenvalue weighted by Crippen LogP contribution is -2.37. The van der Waals surface area contributed by atoms with E-state index in [0.717, 1.165) is 25.7 Å². The molecule has 0 radical (unpaired) electrons. The van der Waals surface area contributed by atoms with Crippen molar-refractivity contribution in [1.29, 1.82) is 0 Å². The lowest BCUT2D eigenvalue weighted by atomic mass is 9.97. The first-order valence-corrected chi connectivity index (χ1v) is 8.27. The maximum Gasteiger partial charge on any atom is 0.363 e. The summed E-state index contributed by atoms with van der Waals surface area (Å²) in [6.07, 6.45) is 10.9. The standard InChI is InChI=1S/C16H28O4/c1-2-18-15(17)16(19-13-9-5-3-6-10-13)20-14-11-7-4-8-12-14/h13-14,16H,2-12H2,1H3. The van der Waals surface area contributed by atoms with Crippen molar-refractivity contribution >= 4 is 5.97 Å². The molecule has 2 saturated carbocycles. The first-order chi connectivity index (χ1) is 9.79. The Kier molecular flexibility index (Phi) is 6.80. The van der Waals surface area contributed by atoms with E-state index >= 15 is 0 Å². The highest BCUT2D eigenvalue weighted by Gasteiger charge is 2.30. The lowest BCUT2D eigenvalue weighted by Gasteiger charge is -2.30. The molecule has 0 aromatic carbocycles. The Labute approximate surface area is 122 Å². The number of carbonyl (C=O) groups is 1. The largest absolute Gasteiger partial charge is 0.462 e. The summed E-state index contributed by atoms with van der Waals surface area (Å²) in [5, 5.41) is 0. The Morgan fingerprint density at radius 2 is 1.35 bits per heavy atom. The number of hydrogen-bond acceptors (Lipinski definition) is 4. The molecule has 0 bridgehead atoms. The monoisotopic (exact) mass is 284 g/mol. The van der Waals surface area contributed by atoms with Gasteiger partial charge in [0.15, 0.2) is 0 Å². The molecule has 0 heterocycles. The van der Waals surface area contributed by atoms with E-state index in [2.05, 4.69) is 0 Å². The quantitative estimate of drug-likeness (QED) is 0.552. The fourth-order valence-electron chi connectivity index (χ4n) is 3.11. The predicted octanol–water partition coefficient (Wildman–Crippen LogP) is 3.57. The first kappa shape index (κ1) is 15.8. The average molecular weight is 284 g/mol. The van der Waals surface area contributed by atoms with Crippen LogP contribution in [0, 0.1) is 0 Å². The molecule has 0 aromatic heterocycles. The molecule has 0 N–H and O–H groups in total. The Morgan fingerprint density at radius 1 is 0.900 bits per heavy atom. The van der Waals surface area contributed by atoms with Crippen molar-refractivity contribution in [3.05, 3.63) is 0 Å². The van der Waals surface area contributed by atoms with E-state index in [-0.39, 0.29) is 18.2 Å². The van der Waals surface area contributed by atoms with Gasteiger partial charge in [0.25, 0.3) is 6.29 Å². The Bertz CT molecular complexity index is 260. The molecule has 2 aliphatic carbocycles. The van der Waals surface area contributed by atoms with Crippen molar-refractivity contribution < 1.29 is 19.0 Å². The van der Waals surface area contributed by atoms with Gasteiger partial charge in [-0.3, -0.25) is 0 Å². The SMILES string of the molecule is CCOC(=O)C(OC1CCCCC1)OC1CCCCC1. The van der Waals surface area contributed by atoms with Crippen molar-refractivity contribution in [2.75, 3.05) is 6.61 Å². The van der Waals surface area contributed by atoms with Gasteiger partial charge in [-0.2, -0.15) is 0 Å². The number of carbonyl (C=O) groups excluding carboxylic acids is 1. The van der Waals surface area contributed by atoms with Gasteiger partial charge < -0.3 is 14.2 Å². The van der Waals surface area contributed by atoms with Crippen molar-refractivity contribution in [2.45, 2.75) is 89.6 Å². The molecule has 0 saturated heterocycles. The molecule has 4 nitrogen and oxygen atoms in total. The van der Waals surface area contributed by atoms with Crippen LogP contribution in [0.2, 0.25) is 0 Å². The number of ether oxygens (including phenoxy) is 3. The smallest absolute Gasteiger partial charge is 0.363 e. The van der Waals surface area contributed by atoms with Crippen LogP contribution < -0.4 is 0 Å². The Hall–Kier alpha value is -0.610. The minimum Gasteiger partial charge on any atom is -0.462 e. The maximum atomic E-state index is 12.0. The van der Waals surface area contributed by atoms with Crippen molar-refractivity contribution in [3.63, 3.8) is 0 Å². The van der Waals surface area contributed by atoms with E-state index in [1.807, 2.05) is 6.92 Å². The van der Waals surface area contributed by atoms with Gasteiger partial charge in [0, 0.05) is 0 Å². The zero-order valence-electron chi connectivity index (χ0n) is 12.6. The van der Waals surface area contributed by atoms with E-state index in [9.17, 15) is 4.79 Å². The number of hydrogen-bond donors (Lipinski definition) is 0. The molecule has 2 fully saturated rings. The highest BCUT2D eigenvalue weighted by Crippen LogP contribution is 2.25. The molecule has 0 unspecified atom stereocenters. The molecule has 0 amide bonds. The molecule has 2 aliphatic rings. The van der Waals surface area contributed by atoms with Gasteiger partial charge in [0.1, 0.15) is 0 Å². The second-order valence-corrected chi connectivity index (χ2v) is 5.88. The minimum absolute atomic E-state index is 0.154. The first-order valence-electron chi connectivity index (χ1n) is 8.27. The van der Waals surface area contributed by atoms with Crippen LogP contribution in [0.15, 0.2) is 0 Å². The highest BCUT2D eigenvalue weighted by atomic mass is 16.7. The highest BCUT2D eigenvalue weighted by molar-refractivity contribution is 5.73. The third kappa shape index (κ3) is 5.06. The fourth-order valence-corrected chi connectivity index (χ4v) is 3.11. The summed E-state index contributed by atoms with van der Waals surface area (Å²) in [6, 6.07) is 0. The zero-order chi connectivity index (χ0) is 14.2. The van der Waals surface area contributed by atoms with Crippen LogP contribution in [0.5, 0.6) is 0 Å². The van der Waals surface area contributed by atoms with Crippen molar-refractivity contribution in [1.82, 2.24) is 0 Å². The molecule has 0 atom stereocenters. The third-order valence-electron chi connectivity index (χ3n) is 4.22. The van der Waals surface area contributed by atoms with Crippen LogP contribution in [0.4, 0.5) is 0 Å². The summed E-state index contributed by atoms with van der Waals surface area (Å²) < 4.78 is 16.9. The van der Waals surface area contributed by atoms with Gasteiger partial charge in [-0.15, -0.1) is 0 Å². The normalized spacial score (nSPS) is 22.1. The summed E-state index contributed by atoms with van der Waals surface area (Å²) in [5.74, 6) is -0.358. The van der Waals surface area contributed by atoms with Crippen LogP contribution >= 0.6 is 0 Å². The van der Waals surface area contributed by atoms with Crippen LogP contribution in [0.25, 0.3) is 0 Å². The van der Waals surface area contributed by atoms with E-state index < -0.39 is 6.29 Å². The summed E-state index contributed by atoms with van der Waals surface area (Å²) in [5.41, 5.74) is 0.